The van der Waals surface area contributed by atoms with Gasteiger partial charge in [0.2, 0.25) is 0 Å². The first kappa shape index (κ1) is 27.1. The highest BCUT2D eigenvalue weighted by Gasteiger charge is 2.43. The van der Waals surface area contributed by atoms with Gasteiger partial charge < -0.3 is 0 Å². The summed E-state index contributed by atoms with van der Waals surface area (Å²) >= 11 is 29.2. The zero-order chi connectivity index (χ0) is 26.0. The van der Waals surface area contributed by atoms with E-state index in [1.54, 1.807) is 0 Å². The predicted octanol–water partition coefficient (Wildman–Crippen LogP) is 6.86. The van der Waals surface area contributed by atoms with Crippen molar-refractivity contribution in [2.45, 2.75) is 0 Å². The van der Waals surface area contributed by atoms with Gasteiger partial charge in [0.25, 0.3) is 6.71 Å². The lowest BCUT2D eigenvalue weighted by Gasteiger charge is -2.23. The van der Waals surface area contributed by atoms with Gasteiger partial charge in [-0.25, -0.2) is 43.9 Å². The molecule has 180 valence electrons. The third-order valence-corrected chi connectivity index (χ3v) is 6.90. The average Bonchev–Trinajstić information content (AvgIpc) is 2.81. The molecule has 0 saturated heterocycles. The van der Waals surface area contributed by atoms with Crippen LogP contribution in [0.5, 0.6) is 0 Å². The molecule has 34 heavy (non-hydrogen) atoms. The van der Waals surface area contributed by atoms with Crippen molar-refractivity contribution in [2.75, 3.05) is 0 Å². The number of benzene rings is 3. The van der Waals surface area contributed by atoms with Crippen LogP contribution in [-0.4, -0.2) is 6.71 Å². The highest BCUT2D eigenvalue weighted by Crippen LogP contribution is 2.39. The zero-order valence-electron chi connectivity index (χ0n) is 15.2. The Morgan fingerprint density at radius 2 is 0.500 bits per heavy atom. The molecule has 0 saturated carbocycles. The van der Waals surface area contributed by atoms with Gasteiger partial charge in [0.1, 0.15) is 0 Å². The summed E-state index contributed by atoms with van der Waals surface area (Å²) in [5, 5.41) is -4.19. The molecule has 0 atom stereocenters. The Kier molecular flexibility index (Phi) is 7.56. The van der Waals surface area contributed by atoms with E-state index in [9.17, 15) is 43.9 Å². The highest BCUT2D eigenvalue weighted by atomic mass is 35.5. The van der Waals surface area contributed by atoms with E-state index >= 15 is 0 Å². The van der Waals surface area contributed by atoms with Crippen LogP contribution in [0.1, 0.15) is 0 Å². The molecule has 0 aliphatic carbocycles. The summed E-state index contributed by atoms with van der Waals surface area (Å²) in [5.74, 6) is -26.6. The minimum Gasteiger partial charge on any atom is -0.204 e. The summed E-state index contributed by atoms with van der Waals surface area (Å²) < 4.78 is 142. The van der Waals surface area contributed by atoms with Gasteiger partial charge in [-0.2, -0.15) is 0 Å². The minimum atomic E-state index is -3.05. The van der Waals surface area contributed by atoms with Crippen molar-refractivity contribution in [2.24, 2.45) is 0 Å². The maximum absolute atomic E-state index is 14.7. The molecule has 0 aliphatic rings. The van der Waals surface area contributed by atoms with Gasteiger partial charge in [0.05, 0.1) is 25.1 Å². The maximum atomic E-state index is 14.7. The van der Waals surface area contributed by atoms with Crippen molar-refractivity contribution in [3.05, 3.63) is 83.3 Å². The molecule has 0 nitrogen and oxygen atoms in total. The Bertz CT molecular complexity index is 1130. The van der Waals surface area contributed by atoms with E-state index in [1.807, 2.05) is 0 Å². The van der Waals surface area contributed by atoms with E-state index in [0.29, 0.717) is 0 Å². The normalized spacial score (nSPS) is 11.4. The molecule has 0 bridgehead atoms. The van der Waals surface area contributed by atoms with Crippen LogP contribution in [-0.2, 0) is 0 Å². The van der Waals surface area contributed by atoms with Crippen LogP contribution in [0.4, 0.5) is 43.9 Å². The second-order valence-corrected chi connectivity index (χ2v) is 8.27. The molecule has 0 heterocycles. The standard InChI is InChI=1S/C18BCl5F10/c20-4-1(5(21)7(23)8(24)6(4)22)19(2-9(25)13(29)17(33)14(30)10(2)26)3-11(27)15(31)18(34)16(32)12(3)28. The molecule has 0 radical (unpaired) electrons. The fourth-order valence-electron chi connectivity index (χ4n) is 3.06. The molecule has 3 aromatic rings. The first-order valence-corrected chi connectivity index (χ1v) is 10.1. The van der Waals surface area contributed by atoms with Crippen LogP contribution in [0.25, 0.3) is 0 Å². The average molecular weight is 594 g/mol. The minimum absolute atomic E-state index is 0.615. The van der Waals surface area contributed by atoms with Gasteiger partial charge in [-0.05, 0) is 5.46 Å². The Morgan fingerprint density at radius 3 is 0.765 bits per heavy atom. The summed E-state index contributed by atoms with van der Waals surface area (Å²) in [6, 6.07) is 0. The maximum Gasteiger partial charge on any atom is 0.261 e. The smallest absolute Gasteiger partial charge is 0.204 e. The second-order valence-electron chi connectivity index (χ2n) is 6.38. The molecule has 0 aliphatic heterocycles. The molecular weight excluding hydrogens is 594 g/mol. The van der Waals surface area contributed by atoms with Gasteiger partial charge >= 0.3 is 0 Å². The molecule has 0 amide bonds. The Hall–Kier alpha value is -1.53. The molecule has 3 aromatic carbocycles. The molecule has 0 N–H and O–H groups in total. The monoisotopic (exact) mass is 592 g/mol. The fourth-order valence-corrected chi connectivity index (χ4v) is 4.43. The number of hydrogen-bond donors (Lipinski definition) is 0. The molecule has 0 aromatic heterocycles. The third kappa shape index (κ3) is 3.89. The van der Waals surface area contributed by atoms with E-state index < -0.39 is 106 Å². The SMILES string of the molecule is Fc1c(F)c(F)c(B(c2c(F)c(F)c(F)c(F)c2F)c2c(Cl)c(Cl)c(Cl)c(Cl)c2Cl)c(F)c1F. The lowest BCUT2D eigenvalue weighted by Crippen LogP contribution is -2.59. The van der Waals surface area contributed by atoms with Crippen molar-refractivity contribution in [1.29, 1.82) is 0 Å². The van der Waals surface area contributed by atoms with Crippen molar-refractivity contribution < 1.29 is 43.9 Å². The Balaban J connectivity index is 2.68. The summed E-state index contributed by atoms with van der Waals surface area (Å²) in [5.41, 5.74) is -5.31. The van der Waals surface area contributed by atoms with Crippen molar-refractivity contribution in [3.8, 4) is 0 Å². The van der Waals surface area contributed by atoms with Gasteiger partial charge in [0, 0.05) is 10.9 Å². The second kappa shape index (κ2) is 9.50. The van der Waals surface area contributed by atoms with Crippen molar-refractivity contribution >= 4 is 81.1 Å². The van der Waals surface area contributed by atoms with Crippen LogP contribution in [0.2, 0.25) is 25.1 Å². The highest BCUT2D eigenvalue weighted by molar-refractivity contribution is 6.98. The third-order valence-electron chi connectivity index (χ3n) is 4.60. The quantitative estimate of drug-likeness (QED) is 0.135. The molecule has 0 fully saturated rings. The Labute approximate surface area is 208 Å². The zero-order valence-corrected chi connectivity index (χ0v) is 19.0. The molecule has 16 heteroatoms. The first-order chi connectivity index (χ1) is 15.7. The van der Waals surface area contributed by atoms with Gasteiger partial charge in [-0.1, -0.05) is 58.0 Å². The van der Waals surface area contributed by atoms with E-state index in [-0.39, 0.29) is 0 Å². The van der Waals surface area contributed by atoms with Crippen LogP contribution in [0.15, 0.2) is 0 Å². The molecule has 0 spiro atoms. The lowest BCUT2D eigenvalue weighted by atomic mass is 9.36. The summed E-state index contributed by atoms with van der Waals surface area (Å²) in [6.45, 7) is -3.05. The van der Waals surface area contributed by atoms with Crippen molar-refractivity contribution in [3.63, 3.8) is 0 Å². The van der Waals surface area contributed by atoms with Crippen molar-refractivity contribution in [1.82, 2.24) is 0 Å². The van der Waals surface area contributed by atoms with E-state index in [1.165, 1.54) is 0 Å². The van der Waals surface area contributed by atoms with E-state index in [2.05, 4.69) is 0 Å². The summed E-state index contributed by atoms with van der Waals surface area (Å²) in [6.07, 6.45) is 0. The van der Waals surface area contributed by atoms with Gasteiger partial charge in [-0.3, -0.25) is 0 Å². The van der Waals surface area contributed by atoms with E-state index in [4.69, 9.17) is 58.0 Å². The van der Waals surface area contributed by atoms with E-state index in [0.717, 1.165) is 0 Å². The predicted molar refractivity (Wildman–Crippen MR) is 109 cm³/mol. The van der Waals surface area contributed by atoms with Gasteiger partial charge in [-0.15, -0.1) is 0 Å². The number of halogens is 15. The fraction of sp³-hybridized carbons (Fsp3) is 0. The van der Waals surface area contributed by atoms with Crippen LogP contribution in [0.3, 0.4) is 0 Å². The van der Waals surface area contributed by atoms with Crippen LogP contribution < -0.4 is 16.4 Å². The summed E-state index contributed by atoms with van der Waals surface area (Å²) in [4.78, 5) is 0. The number of rotatable bonds is 3. The molecular formula is C18BCl5F10. The van der Waals surface area contributed by atoms with Gasteiger partial charge in [0.15, 0.2) is 58.2 Å². The first-order valence-electron chi connectivity index (χ1n) is 8.20. The molecule has 3 rings (SSSR count). The summed E-state index contributed by atoms with van der Waals surface area (Å²) in [7, 11) is 0. The van der Waals surface area contributed by atoms with Crippen LogP contribution >= 0.6 is 58.0 Å². The number of hydrogen-bond acceptors (Lipinski definition) is 0. The van der Waals surface area contributed by atoms with Crippen LogP contribution in [0, 0.1) is 58.2 Å². The topological polar surface area (TPSA) is 0 Å². The lowest BCUT2D eigenvalue weighted by molar-refractivity contribution is 0.382. The Morgan fingerprint density at radius 1 is 0.294 bits per heavy atom. The largest absolute Gasteiger partial charge is 0.261 e. The molecule has 0 unspecified atom stereocenters.